The number of fused-ring (bicyclic) bond motifs is 1. The predicted molar refractivity (Wildman–Crippen MR) is 133 cm³/mol. The average molecular weight is 509 g/mol. The van der Waals surface area contributed by atoms with Crippen LogP contribution in [-0.4, -0.2) is 47.1 Å². The van der Waals surface area contributed by atoms with Crippen molar-refractivity contribution >= 4 is 22.5 Å². The zero-order chi connectivity index (χ0) is 26.0. The lowest BCUT2D eigenvalue weighted by Gasteiger charge is -2.26. The first-order valence-electron chi connectivity index (χ1n) is 11.7. The van der Waals surface area contributed by atoms with Gasteiger partial charge < -0.3 is 15.0 Å². The second kappa shape index (κ2) is 10.2. The number of benzene rings is 2. The maximum absolute atomic E-state index is 13.2. The van der Waals surface area contributed by atoms with E-state index in [1.54, 1.807) is 30.3 Å². The number of aromatic nitrogens is 2. The van der Waals surface area contributed by atoms with Gasteiger partial charge in [-0.1, -0.05) is 24.3 Å². The lowest BCUT2D eigenvalue weighted by Crippen LogP contribution is -2.36. The molecule has 0 aliphatic carbocycles. The second-order valence-corrected chi connectivity index (χ2v) is 8.71. The molecule has 1 aliphatic rings. The standard InChI is InChI=1S/C27H23F3N4O3/c28-27(29,30)18-5-1-4-17(14-18)23-15-24(35)20-7-3-8-21(25(20)32-23)33-26(36)22-9-2-6-19(31-22)16-34-10-12-37-13-11-34/h1-9,14-15H,10-13,16H2,(H,32,35)(H,33,36). The largest absolute Gasteiger partial charge is 0.416 e. The molecular formula is C27H23F3N4O3. The number of para-hydroxylation sites is 1. The Balaban J connectivity index is 1.45. The van der Waals surface area contributed by atoms with Crippen molar-refractivity contribution in [1.82, 2.24) is 14.9 Å². The summed E-state index contributed by atoms with van der Waals surface area (Å²) < 4.78 is 45.0. The number of amides is 1. The number of pyridine rings is 2. The highest BCUT2D eigenvalue weighted by molar-refractivity contribution is 6.07. The summed E-state index contributed by atoms with van der Waals surface area (Å²) in [6.07, 6.45) is -4.52. The number of anilines is 1. The molecule has 5 rings (SSSR count). The SMILES string of the molecule is O=C(Nc1cccc2c(=O)cc(-c3cccc(C(F)(F)F)c3)[nH]c12)c1cccc(CN2CCOCC2)n1. The fourth-order valence-corrected chi connectivity index (χ4v) is 4.26. The Morgan fingerprint density at radius 3 is 2.57 bits per heavy atom. The zero-order valence-corrected chi connectivity index (χ0v) is 19.6. The third-order valence-electron chi connectivity index (χ3n) is 6.14. The first-order chi connectivity index (χ1) is 17.8. The number of ether oxygens (including phenoxy) is 1. The highest BCUT2D eigenvalue weighted by atomic mass is 19.4. The van der Waals surface area contributed by atoms with Gasteiger partial charge in [0.15, 0.2) is 5.43 Å². The van der Waals surface area contributed by atoms with E-state index in [2.05, 4.69) is 20.2 Å². The first kappa shape index (κ1) is 24.7. The van der Waals surface area contributed by atoms with E-state index in [0.29, 0.717) is 36.3 Å². The Kier molecular flexibility index (Phi) is 6.77. The molecule has 1 saturated heterocycles. The molecule has 190 valence electrons. The van der Waals surface area contributed by atoms with Gasteiger partial charge >= 0.3 is 6.18 Å². The molecule has 0 bridgehead atoms. The van der Waals surface area contributed by atoms with E-state index < -0.39 is 17.6 Å². The quantitative estimate of drug-likeness (QED) is 0.408. The van der Waals surface area contributed by atoms with Gasteiger partial charge in [0.1, 0.15) is 5.69 Å². The van der Waals surface area contributed by atoms with Gasteiger partial charge in [0.25, 0.3) is 5.91 Å². The molecule has 10 heteroatoms. The molecule has 4 aromatic rings. The first-order valence-corrected chi connectivity index (χ1v) is 11.7. The third kappa shape index (κ3) is 5.55. The average Bonchev–Trinajstić information content (AvgIpc) is 2.89. The summed E-state index contributed by atoms with van der Waals surface area (Å²) in [5.74, 6) is -0.471. The molecule has 1 aliphatic heterocycles. The van der Waals surface area contributed by atoms with Crippen LogP contribution in [0.3, 0.4) is 0 Å². The van der Waals surface area contributed by atoms with Crippen LogP contribution in [0.4, 0.5) is 18.9 Å². The molecule has 2 aromatic carbocycles. The van der Waals surface area contributed by atoms with Crippen LogP contribution in [0.1, 0.15) is 21.7 Å². The molecule has 0 radical (unpaired) electrons. The number of rotatable bonds is 5. The second-order valence-electron chi connectivity index (χ2n) is 8.71. The molecule has 3 heterocycles. The number of morpholine rings is 1. The summed E-state index contributed by atoms with van der Waals surface area (Å²) in [6, 6.07) is 16.0. The molecule has 0 atom stereocenters. The van der Waals surface area contributed by atoms with E-state index in [0.717, 1.165) is 30.9 Å². The lowest BCUT2D eigenvalue weighted by molar-refractivity contribution is -0.137. The molecule has 1 amide bonds. The molecule has 7 nitrogen and oxygen atoms in total. The highest BCUT2D eigenvalue weighted by Gasteiger charge is 2.30. The summed E-state index contributed by atoms with van der Waals surface area (Å²) in [6.45, 7) is 3.47. The summed E-state index contributed by atoms with van der Waals surface area (Å²) in [4.78, 5) is 35.6. The Morgan fingerprint density at radius 2 is 1.78 bits per heavy atom. The van der Waals surface area contributed by atoms with Crippen LogP contribution in [0.5, 0.6) is 0 Å². The van der Waals surface area contributed by atoms with Crippen LogP contribution in [0.2, 0.25) is 0 Å². The number of carbonyl (C=O) groups is 1. The van der Waals surface area contributed by atoms with Gasteiger partial charge in [0.05, 0.1) is 35.7 Å². The van der Waals surface area contributed by atoms with Crippen LogP contribution < -0.4 is 10.7 Å². The fraction of sp³-hybridized carbons (Fsp3) is 0.222. The Labute approximate surface area is 209 Å². The van der Waals surface area contributed by atoms with E-state index in [9.17, 15) is 22.8 Å². The van der Waals surface area contributed by atoms with Crippen LogP contribution in [-0.2, 0) is 17.5 Å². The Hall–Kier alpha value is -4.02. The minimum absolute atomic E-state index is 0.201. The van der Waals surface area contributed by atoms with Crippen LogP contribution in [0, 0.1) is 0 Å². The van der Waals surface area contributed by atoms with Crippen LogP contribution in [0.15, 0.2) is 71.5 Å². The number of nitrogens with zero attached hydrogens (tertiary/aromatic N) is 2. The van der Waals surface area contributed by atoms with Gasteiger partial charge in [-0.2, -0.15) is 13.2 Å². The van der Waals surface area contributed by atoms with E-state index in [1.807, 2.05) is 6.07 Å². The summed E-state index contributed by atoms with van der Waals surface area (Å²) in [5, 5.41) is 3.08. The van der Waals surface area contributed by atoms with E-state index in [-0.39, 0.29) is 22.4 Å². The van der Waals surface area contributed by atoms with Gasteiger partial charge in [-0.25, -0.2) is 4.98 Å². The number of alkyl halides is 3. The molecule has 0 saturated carbocycles. The lowest BCUT2D eigenvalue weighted by atomic mass is 10.1. The van der Waals surface area contributed by atoms with Gasteiger partial charge in [-0.05, 0) is 42.0 Å². The third-order valence-corrected chi connectivity index (χ3v) is 6.14. The van der Waals surface area contributed by atoms with E-state index in [4.69, 9.17) is 4.74 Å². The van der Waals surface area contributed by atoms with Gasteiger partial charge in [0, 0.05) is 36.8 Å². The molecule has 0 unspecified atom stereocenters. The van der Waals surface area contributed by atoms with Crippen molar-refractivity contribution in [1.29, 1.82) is 0 Å². The van der Waals surface area contributed by atoms with Crippen molar-refractivity contribution in [3.63, 3.8) is 0 Å². The number of halogens is 3. The molecule has 0 spiro atoms. The van der Waals surface area contributed by atoms with Gasteiger partial charge in [-0.3, -0.25) is 14.5 Å². The van der Waals surface area contributed by atoms with Crippen molar-refractivity contribution in [3.8, 4) is 11.3 Å². The number of aromatic amines is 1. The molecule has 2 aromatic heterocycles. The Morgan fingerprint density at radius 1 is 1.03 bits per heavy atom. The topological polar surface area (TPSA) is 87.3 Å². The van der Waals surface area contributed by atoms with E-state index >= 15 is 0 Å². The maximum Gasteiger partial charge on any atom is 0.416 e. The highest BCUT2D eigenvalue weighted by Crippen LogP contribution is 2.32. The van der Waals surface area contributed by atoms with Gasteiger partial charge in [0.2, 0.25) is 0 Å². The molecule has 37 heavy (non-hydrogen) atoms. The molecular weight excluding hydrogens is 485 g/mol. The van der Waals surface area contributed by atoms with Gasteiger partial charge in [-0.15, -0.1) is 0 Å². The fourth-order valence-electron chi connectivity index (χ4n) is 4.26. The van der Waals surface area contributed by atoms with Crippen molar-refractivity contribution in [2.45, 2.75) is 12.7 Å². The number of nitrogens with one attached hydrogen (secondary N) is 2. The number of hydrogen-bond donors (Lipinski definition) is 2. The normalized spacial score (nSPS) is 14.6. The predicted octanol–water partition coefficient (Wildman–Crippen LogP) is 4.69. The van der Waals surface area contributed by atoms with Crippen molar-refractivity contribution in [2.24, 2.45) is 0 Å². The summed E-state index contributed by atoms with van der Waals surface area (Å²) >= 11 is 0. The summed E-state index contributed by atoms with van der Waals surface area (Å²) in [5.41, 5.74) is 0.766. The van der Waals surface area contributed by atoms with Crippen molar-refractivity contribution in [2.75, 3.05) is 31.6 Å². The zero-order valence-electron chi connectivity index (χ0n) is 19.6. The van der Waals surface area contributed by atoms with Crippen LogP contribution in [0.25, 0.3) is 22.2 Å². The monoisotopic (exact) mass is 508 g/mol. The van der Waals surface area contributed by atoms with Crippen molar-refractivity contribution in [3.05, 3.63) is 93.9 Å². The molecule has 2 N–H and O–H groups in total. The van der Waals surface area contributed by atoms with E-state index in [1.165, 1.54) is 18.2 Å². The smallest absolute Gasteiger partial charge is 0.379 e. The Bertz CT molecular complexity index is 1510. The molecule has 1 fully saturated rings. The number of carbonyl (C=O) groups excluding carboxylic acids is 1. The minimum atomic E-state index is -4.52. The number of hydrogen-bond acceptors (Lipinski definition) is 5. The van der Waals surface area contributed by atoms with Crippen molar-refractivity contribution < 1.29 is 22.7 Å². The summed E-state index contributed by atoms with van der Waals surface area (Å²) in [7, 11) is 0. The maximum atomic E-state index is 13.2. The van der Waals surface area contributed by atoms with Crippen LogP contribution >= 0.6 is 0 Å². The number of H-pyrrole nitrogens is 1. The minimum Gasteiger partial charge on any atom is -0.379 e.